The Labute approximate surface area is 94.9 Å². The summed E-state index contributed by atoms with van der Waals surface area (Å²) >= 11 is 5.71. The molecule has 0 amide bonds. The predicted octanol–water partition coefficient (Wildman–Crippen LogP) is 2.49. The lowest BCUT2D eigenvalue weighted by molar-refractivity contribution is 0.347. The number of hydrogen-bond donors (Lipinski definition) is 0. The van der Waals surface area contributed by atoms with Crippen molar-refractivity contribution < 1.29 is 14.2 Å². The number of alkyl halides is 1. The summed E-state index contributed by atoms with van der Waals surface area (Å²) < 4.78 is 15.6. The molecule has 0 spiro atoms. The number of rotatable bonds is 5. The van der Waals surface area contributed by atoms with Crippen molar-refractivity contribution in [1.82, 2.24) is 0 Å². The Morgan fingerprint density at radius 2 is 1.47 bits per heavy atom. The fourth-order valence-corrected chi connectivity index (χ4v) is 1.59. The number of benzene rings is 1. The second-order valence-electron chi connectivity index (χ2n) is 2.96. The van der Waals surface area contributed by atoms with E-state index in [2.05, 4.69) is 0 Å². The van der Waals surface area contributed by atoms with Gasteiger partial charge in [0, 0.05) is 11.9 Å². The maximum atomic E-state index is 5.71. The summed E-state index contributed by atoms with van der Waals surface area (Å²) in [6, 6.07) is 3.70. The van der Waals surface area contributed by atoms with Gasteiger partial charge in [0.1, 0.15) is 5.75 Å². The minimum absolute atomic E-state index is 0.547. The summed E-state index contributed by atoms with van der Waals surface area (Å²) in [6.45, 7) is 0. The second-order valence-corrected chi connectivity index (χ2v) is 3.34. The number of ether oxygens (including phenoxy) is 3. The van der Waals surface area contributed by atoms with Crippen molar-refractivity contribution in [2.24, 2.45) is 0 Å². The standard InChI is InChI=1S/C11H15ClO3/c1-13-9-7-11(15-3)10(14-2)6-8(9)4-5-12/h6-7H,4-5H2,1-3H3. The lowest BCUT2D eigenvalue weighted by Crippen LogP contribution is -1.97. The van der Waals surface area contributed by atoms with E-state index < -0.39 is 0 Å². The van der Waals surface area contributed by atoms with Crippen LogP contribution in [0.25, 0.3) is 0 Å². The molecule has 0 N–H and O–H groups in total. The van der Waals surface area contributed by atoms with E-state index in [9.17, 15) is 0 Å². The molecule has 0 atom stereocenters. The first-order valence-corrected chi connectivity index (χ1v) is 5.15. The van der Waals surface area contributed by atoms with E-state index in [1.165, 1.54) is 0 Å². The van der Waals surface area contributed by atoms with Gasteiger partial charge in [0.25, 0.3) is 0 Å². The highest BCUT2D eigenvalue weighted by Crippen LogP contribution is 2.34. The number of halogens is 1. The first-order valence-electron chi connectivity index (χ1n) is 4.61. The maximum Gasteiger partial charge on any atom is 0.164 e. The van der Waals surface area contributed by atoms with Gasteiger partial charge in [-0.3, -0.25) is 0 Å². The molecule has 4 heteroatoms. The van der Waals surface area contributed by atoms with Gasteiger partial charge in [0.15, 0.2) is 11.5 Å². The number of aryl methyl sites for hydroxylation is 1. The third-order valence-electron chi connectivity index (χ3n) is 2.15. The first-order chi connectivity index (χ1) is 7.26. The summed E-state index contributed by atoms with van der Waals surface area (Å²) in [6.07, 6.45) is 0.741. The third-order valence-corrected chi connectivity index (χ3v) is 2.34. The molecule has 0 aliphatic carbocycles. The smallest absolute Gasteiger partial charge is 0.164 e. The molecule has 0 unspecified atom stereocenters. The van der Waals surface area contributed by atoms with E-state index in [4.69, 9.17) is 25.8 Å². The van der Waals surface area contributed by atoms with E-state index in [0.29, 0.717) is 17.4 Å². The van der Waals surface area contributed by atoms with Crippen LogP contribution in [-0.4, -0.2) is 27.2 Å². The fraction of sp³-hybridized carbons (Fsp3) is 0.455. The molecule has 0 fully saturated rings. The van der Waals surface area contributed by atoms with Gasteiger partial charge >= 0.3 is 0 Å². The summed E-state index contributed by atoms with van der Waals surface area (Å²) in [4.78, 5) is 0. The highest BCUT2D eigenvalue weighted by molar-refractivity contribution is 6.18. The number of methoxy groups -OCH3 is 3. The van der Waals surface area contributed by atoms with Crippen molar-refractivity contribution in [2.45, 2.75) is 6.42 Å². The zero-order valence-electron chi connectivity index (χ0n) is 9.17. The monoisotopic (exact) mass is 230 g/mol. The van der Waals surface area contributed by atoms with Crippen molar-refractivity contribution >= 4 is 11.6 Å². The topological polar surface area (TPSA) is 27.7 Å². The van der Waals surface area contributed by atoms with Gasteiger partial charge < -0.3 is 14.2 Å². The van der Waals surface area contributed by atoms with Crippen LogP contribution in [0.3, 0.4) is 0 Å². The van der Waals surface area contributed by atoms with E-state index in [1.807, 2.05) is 6.07 Å². The first kappa shape index (κ1) is 12.0. The lowest BCUT2D eigenvalue weighted by atomic mass is 10.1. The molecular weight excluding hydrogens is 216 g/mol. The van der Waals surface area contributed by atoms with Crippen LogP contribution in [0.1, 0.15) is 5.56 Å². The second kappa shape index (κ2) is 5.71. The Morgan fingerprint density at radius 1 is 0.933 bits per heavy atom. The molecule has 15 heavy (non-hydrogen) atoms. The van der Waals surface area contributed by atoms with Crippen LogP contribution in [-0.2, 0) is 6.42 Å². The molecule has 0 saturated carbocycles. The fourth-order valence-electron chi connectivity index (χ4n) is 1.39. The van der Waals surface area contributed by atoms with Crippen molar-refractivity contribution in [3.63, 3.8) is 0 Å². The Hall–Kier alpha value is -1.09. The van der Waals surface area contributed by atoms with Crippen LogP contribution in [0.15, 0.2) is 12.1 Å². The Kier molecular flexibility index (Phi) is 4.56. The summed E-state index contributed by atoms with van der Waals surface area (Å²) in [5.41, 5.74) is 1.02. The van der Waals surface area contributed by atoms with E-state index >= 15 is 0 Å². The molecule has 0 bridgehead atoms. The van der Waals surface area contributed by atoms with Crippen LogP contribution in [0, 0.1) is 0 Å². The van der Waals surface area contributed by atoms with Crippen LogP contribution in [0.5, 0.6) is 17.2 Å². The molecule has 0 aliphatic rings. The zero-order chi connectivity index (χ0) is 11.3. The van der Waals surface area contributed by atoms with Gasteiger partial charge in [0.05, 0.1) is 21.3 Å². The Bertz CT molecular complexity index is 326. The quantitative estimate of drug-likeness (QED) is 0.728. The van der Waals surface area contributed by atoms with Crippen LogP contribution < -0.4 is 14.2 Å². The summed E-state index contributed by atoms with van der Waals surface area (Å²) in [5, 5.41) is 0. The summed E-state index contributed by atoms with van der Waals surface area (Å²) in [5.74, 6) is 2.67. The third kappa shape index (κ3) is 2.69. The zero-order valence-corrected chi connectivity index (χ0v) is 9.93. The maximum absolute atomic E-state index is 5.71. The predicted molar refractivity (Wildman–Crippen MR) is 60.5 cm³/mol. The molecule has 1 aromatic rings. The van der Waals surface area contributed by atoms with Crippen molar-refractivity contribution in [2.75, 3.05) is 27.2 Å². The lowest BCUT2D eigenvalue weighted by Gasteiger charge is -2.13. The molecule has 1 aromatic carbocycles. The Balaban J connectivity index is 3.15. The van der Waals surface area contributed by atoms with Crippen LogP contribution >= 0.6 is 11.6 Å². The van der Waals surface area contributed by atoms with Gasteiger partial charge in [-0.15, -0.1) is 11.6 Å². The van der Waals surface area contributed by atoms with Gasteiger partial charge in [-0.2, -0.15) is 0 Å². The van der Waals surface area contributed by atoms with E-state index in [0.717, 1.165) is 17.7 Å². The van der Waals surface area contributed by atoms with Crippen LogP contribution in [0.4, 0.5) is 0 Å². The molecule has 0 radical (unpaired) electrons. The number of hydrogen-bond acceptors (Lipinski definition) is 3. The molecule has 1 rings (SSSR count). The van der Waals surface area contributed by atoms with Crippen LogP contribution in [0.2, 0.25) is 0 Å². The van der Waals surface area contributed by atoms with E-state index in [-0.39, 0.29) is 0 Å². The molecule has 3 nitrogen and oxygen atoms in total. The van der Waals surface area contributed by atoms with E-state index in [1.54, 1.807) is 27.4 Å². The highest BCUT2D eigenvalue weighted by atomic mass is 35.5. The normalized spacial score (nSPS) is 9.87. The average molecular weight is 231 g/mol. The Morgan fingerprint density at radius 3 is 1.93 bits per heavy atom. The van der Waals surface area contributed by atoms with Crippen molar-refractivity contribution in [1.29, 1.82) is 0 Å². The summed E-state index contributed by atoms with van der Waals surface area (Å²) in [7, 11) is 4.83. The molecular formula is C11H15ClO3. The van der Waals surface area contributed by atoms with Gasteiger partial charge in [-0.05, 0) is 18.1 Å². The van der Waals surface area contributed by atoms with Gasteiger partial charge in [-0.25, -0.2) is 0 Å². The largest absolute Gasteiger partial charge is 0.496 e. The molecule has 0 saturated heterocycles. The molecule has 84 valence electrons. The molecule has 0 aromatic heterocycles. The van der Waals surface area contributed by atoms with Crippen molar-refractivity contribution in [3.8, 4) is 17.2 Å². The van der Waals surface area contributed by atoms with Gasteiger partial charge in [-0.1, -0.05) is 0 Å². The highest BCUT2D eigenvalue weighted by Gasteiger charge is 2.10. The molecule has 0 aliphatic heterocycles. The average Bonchev–Trinajstić information content (AvgIpc) is 2.28. The SMILES string of the molecule is COc1cc(OC)c(OC)cc1CCCl. The van der Waals surface area contributed by atoms with Gasteiger partial charge in [0.2, 0.25) is 0 Å². The minimum atomic E-state index is 0.547. The molecule has 0 heterocycles. The van der Waals surface area contributed by atoms with Crippen molar-refractivity contribution in [3.05, 3.63) is 17.7 Å². The minimum Gasteiger partial charge on any atom is -0.496 e.